The van der Waals surface area contributed by atoms with Gasteiger partial charge in [0.15, 0.2) is 0 Å². The lowest BCUT2D eigenvalue weighted by Crippen LogP contribution is -2.15. The molecule has 4 nitrogen and oxygen atoms in total. The van der Waals surface area contributed by atoms with Crippen molar-refractivity contribution in [2.24, 2.45) is 5.73 Å². The molecule has 3 N–H and O–H groups in total. The number of nitrogens with zero attached hydrogens (tertiary/aromatic N) is 2. The Bertz CT molecular complexity index is 1200. The Kier molecular flexibility index (Phi) is 6.70. The molecule has 0 saturated carbocycles. The standard InChI is InChI=1S/C26H23F3N4/c27-26(28,29)21-8-4-7-20(15-21)23-17-33-25(16-22(23)18-9-12-31-13-10-18)32-14-11-24(30)19-5-2-1-3-6-19/h1-10,12-13,15-17,24H,11,14,30H2,(H,32,33). The van der Waals surface area contributed by atoms with Crippen LogP contribution in [0.4, 0.5) is 19.0 Å². The third-order valence-corrected chi connectivity index (χ3v) is 5.39. The van der Waals surface area contributed by atoms with Crippen LogP contribution in [-0.4, -0.2) is 16.5 Å². The zero-order valence-corrected chi connectivity index (χ0v) is 17.8. The van der Waals surface area contributed by atoms with Crippen molar-refractivity contribution in [3.05, 3.63) is 103 Å². The van der Waals surface area contributed by atoms with Crippen LogP contribution in [0.2, 0.25) is 0 Å². The predicted octanol–water partition coefficient (Wildman–Crippen LogP) is 6.33. The van der Waals surface area contributed by atoms with Gasteiger partial charge in [-0.2, -0.15) is 13.2 Å². The molecule has 0 amide bonds. The molecule has 168 valence electrons. The molecule has 2 aromatic heterocycles. The second-order valence-electron chi connectivity index (χ2n) is 7.66. The SMILES string of the molecule is NC(CCNc1cc(-c2ccncc2)c(-c2cccc(C(F)(F)F)c2)cn1)c1ccccc1. The van der Waals surface area contributed by atoms with Crippen molar-refractivity contribution in [3.63, 3.8) is 0 Å². The van der Waals surface area contributed by atoms with Gasteiger partial charge in [0.1, 0.15) is 5.82 Å². The highest BCUT2D eigenvalue weighted by atomic mass is 19.4. The minimum absolute atomic E-state index is 0.109. The van der Waals surface area contributed by atoms with Crippen molar-refractivity contribution < 1.29 is 13.2 Å². The zero-order chi connectivity index (χ0) is 23.3. The molecule has 0 aliphatic heterocycles. The highest BCUT2D eigenvalue weighted by molar-refractivity contribution is 5.84. The van der Waals surface area contributed by atoms with E-state index in [2.05, 4.69) is 15.3 Å². The minimum atomic E-state index is -4.42. The second-order valence-corrected chi connectivity index (χ2v) is 7.66. The Morgan fingerprint density at radius 1 is 0.848 bits per heavy atom. The Morgan fingerprint density at radius 2 is 1.61 bits per heavy atom. The Morgan fingerprint density at radius 3 is 2.33 bits per heavy atom. The minimum Gasteiger partial charge on any atom is -0.370 e. The first-order chi connectivity index (χ1) is 15.9. The van der Waals surface area contributed by atoms with Crippen LogP contribution in [0.1, 0.15) is 23.6 Å². The number of hydrogen-bond donors (Lipinski definition) is 2. The van der Waals surface area contributed by atoms with Gasteiger partial charge in [-0.05, 0) is 59.0 Å². The van der Waals surface area contributed by atoms with Gasteiger partial charge < -0.3 is 11.1 Å². The first kappa shape index (κ1) is 22.5. The number of pyridine rings is 2. The third kappa shape index (κ3) is 5.56. The van der Waals surface area contributed by atoms with Crippen LogP contribution in [0.5, 0.6) is 0 Å². The molecule has 4 rings (SSSR count). The van der Waals surface area contributed by atoms with Gasteiger partial charge in [0.25, 0.3) is 0 Å². The summed E-state index contributed by atoms with van der Waals surface area (Å²) >= 11 is 0. The van der Waals surface area contributed by atoms with E-state index in [0.29, 0.717) is 29.9 Å². The zero-order valence-electron chi connectivity index (χ0n) is 17.8. The maximum absolute atomic E-state index is 13.3. The van der Waals surface area contributed by atoms with E-state index in [9.17, 15) is 13.2 Å². The fourth-order valence-electron chi connectivity index (χ4n) is 3.64. The van der Waals surface area contributed by atoms with E-state index in [1.165, 1.54) is 6.07 Å². The van der Waals surface area contributed by atoms with Crippen LogP contribution >= 0.6 is 0 Å². The molecule has 0 fully saturated rings. The van der Waals surface area contributed by atoms with E-state index in [-0.39, 0.29) is 6.04 Å². The number of anilines is 1. The van der Waals surface area contributed by atoms with Crippen molar-refractivity contribution in [3.8, 4) is 22.3 Å². The molecule has 33 heavy (non-hydrogen) atoms. The normalized spacial score (nSPS) is 12.4. The summed E-state index contributed by atoms with van der Waals surface area (Å²) in [5.41, 5.74) is 9.29. The van der Waals surface area contributed by atoms with Crippen LogP contribution in [0.15, 0.2) is 91.4 Å². The molecular weight excluding hydrogens is 425 g/mol. The number of rotatable bonds is 7. The predicted molar refractivity (Wildman–Crippen MR) is 124 cm³/mol. The topological polar surface area (TPSA) is 63.8 Å². The molecule has 0 saturated heterocycles. The molecule has 2 aromatic carbocycles. The molecular formula is C26H23F3N4. The first-order valence-corrected chi connectivity index (χ1v) is 10.5. The van der Waals surface area contributed by atoms with Gasteiger partial charge in [-0.25, -0.2) is 4.98 Å². The summed E-state index contributed by atoms with van der Waals surface area (Å²) in [5.74, 6) is 0.623. The maximum Gasteiger partial charge on any atom is 0.416 e. The lowest BCUT2D eigenvalue weighted by molar-refractivity contribution is -0.137. The smallest absolute Gasteiger partial charge is 0.370 e. The lowest BCUT2D eigenvalue weighted by atomic mass is 9.95. The molecule has 1 atom stereocenters. The van der Waals surface area contributed by atoms with E-state index >= 15 is 0 Å². The summed E-state index contributed by atoms with van der Waals surface area (Å²) in [6.45, 7) is 0.599. The molecule has 7 heteroatoms. The Hall–Kier alpha value is -3.71. The van der Waals surface area contributed by atoms with Crippen molar-refractivity contribution in [2.75, 3.05) is 11.9 Å². The van der Waals surface area contributed by atoms with Crippen LogP contribution < -0.4 is 11.1 Å². The van der Waals surface area contributed by atoms with Gasteiger partial charge in [0, 0.05) is 36.7 Å². The number of benzene rings is 2. The van der Waals surface area contributed by atoms with Crippen LogP contribution in [0.25, 0.3) is 22.3 Å². The van der Waals surface area contributed by atoms with Crippen molar-refractivity contribution in [2.45, 2.75) is 18.6 Å². The summed E-state index contributed by atoms with van der Waals surface area (Å²) in [5, 5.41) is 3.28. The van der Waals surface area contributed by atoms with Gasteiger partial charge in [0.05, 0.1) is 5.56 Å². The van der Waals surface area contributed by atoms with E-state index in [0.717, 1.165) is 28.8 Å². The summed E-state index contributed by atoms with van der Waals surface area (Å²) in [7, 11) is 0. The first-order valence-electron chi connectivity index (χ1n) is 10.5. The highest BCUT2D eigenvalue weighted by Gasteiger charge is 2.30. The number of hydrogen-bond acceptors (Lipinski definition) is 4. The van der Waals surface area contributed by atoms with E-state index in [1.54, 1.807) is 24.7 Å². The maximum atomic E-state index is 13.3. The van der Waals surface area contributed by atoms with E-state index in [1.807, 2.05) is 48.5 Å². The summed E-state index contributed by atoms with van der Waals surface area (Å²) in [6.07, 6.45) is 1.19. The van der Waals surface area contributed by atoms with Gasteiger partial charge in [-0.1, -0.05) is 42.5 Å². The van der Waals surface area contributed by atoms with Gasteiger partial charge >= 0.3 is 6.18 Å². The van der Waals surface area contributed by atoms with Crippen molar-refractivity contribution in [1.82, 2.24) is 9.97 Å². The summed E-state index contributed by atoms with van der Waals surface area (Å²) in [6, 6.07) is 20.5. The van der Waals surface area contributed by atoms with Crippen LogP contribution in [-0.2, 0) is 6.18 Å². The average Bonchev–Trinajstić information content (AvgIpc) is 2.84. The van der Waals surface area contributed by atoms with Gasteiger partial charge in [0.2, 0.25) is 0 Å². The van der Waals surface area contributed by atoms with E-state index in [4.69, 9.17) is 5.73 Å². The van der Waals surface area contributed by atoms with Crippen LogP contribution in [0, 0.1) is 0 Å². The average molecular weight is 448 g/mol. The number of nitrogens with two attached hydrogens (primary N) is 1. The molecule has 0 aliphatic rings. The second kappa shape index (κ2) is 9.83. The lowest BCUT2D eigenvalue weighted by Gasteiger charge is -2.16. The quantitative estimate of drug-likeness (QED) is 0.347. The fourth-order valence-corrected chi connectivity index (χ4v) is 3.64. The molecule has 1 unspecified atom stereocenters. The van der Waals surface area contributed by atoms with Gasteiger partial charge in [-0.3, -0.25) is 4.98 Å². The van der Waals surface area contributed by atoms with Crippen molar-refractivity contribution >= 4 is 5.82 Å². The molecule has 2 heterocycles. The molecule has 0 aliphatic carbocycles. The monoisotopic (exact) mass is 448 g/mol. The molecule has 0 spiro atoms. The molecule has 0 bridgehead atoms. The summed E-state index contributed by atoms with van der Waals surface area (Å²) < 4.78 is 39.8. The Labute approximate surface area is 190 Å². The number of alkyl halides is 3. The number of aromatic nitrogens is 2. The number of nitrogens with one attached hydrogen (secondary N) is 1. The highest BCUT2D eigenvalue weighted by Crippen LogP contribution is 2.36. The van der Waals surface area contributed by atoms with Crippen LogP contribution in [0.3, 0.4) is 0 Å². The molecule has 0 radical (unpaired) electrons. The Balaban J connectivity index is 1.60. The fraction of sp³-hybridized carbons (Fsp3) is 0.154. The summed E-state index contributed by atoms with van der Waals surface area (Å²) in [4.78, 5) is 8.50. The largest absolute Gasteiger partial charge is 0.416 e. The third-order valence-electron chi connectivity index (χ3n) is 5.39. The van der Waals surface area contributed by atoms with E-state index < -0.39 is 11.7 Å². The number of halogens is 3. The molecule has 4 aromatic rings. The van der Waals surface area contributed by atoms with Crippen molar-refractivity contribution in [1.29, 1.82) is 0 Å². The van der Waals surface area contributed by atoms with Gasteiger partial charge in [-0.15, -0.1) is 0 Å².